The van der Waals surface area contributed by atoms with Crippen LogP contribution in [0.1, 0.15) is 10.5 Å². The number of halogens is 1. The van der Waals surface area contributed by atoms with Crippen LogP contribution in [0, 0.1) is 5.82 Å². The van der Waals surface area contributed by atoms with Crippen molar-refractivity contribution in [2.75, 3.05) is 6.54 Å². The molecular weight excluding hydrogens is 227 g/mol. The molecule has 0 spiro atoms. The summed E-state index contributed by atoms with van der Waals surface area (Å²) < 4.78 is 13.3. The lowest BCUT2D eigenvalue weighted by molar-refractivity contribution is -0.135. The van der Waals surface area contributed by atoms with Crippen LogP contribution < -0.4 is 5.32 Å². The Morgan fingerprint density at radius 1 is 1.41 bits per heavy atom. The van der Waals surface area contributed by atoms with Crippen LogP contribution in [0.25, 0.3) is 10.9 Å². The zero-order chi connectivity index (χ0) is 12.4. The van der Waals surface area contributed by atoms with Gasteiger partial charge in [0.1, 0.15) is 18.1 Å². The molecule has 0 fully saturated rings. The molecule has 0 aliphatic carbocycles. The molecule has 0 bridgehead atoms. The van der Waals surface area contributed by atoms with Gasteiger partial charge >= 0.3 is 5.97 Å². The summed E-state index contributed by atoms with van der Waals surface area (Å²) in [6.07, 6.45) is 0. The summed E-state index contributed by atoms with van der Waals surface area (Å²) >= 11 is 0. The first-order valence-electron chi connectivity index (χ1n) is 4.85. The average molecular weight is 236 g/mol. The predicted molar refractivity (Wildman–Crippen MR) is 58.2 cm³/mol. The summed E-state index contributed by atoms with van der Waals surface area (Å²) in [6.45, 7) is -0.476. The topological polar surface area (TPSA) is 82.2 Å². The van der Waals surface area contributed by atoms with E-state index in [4.69, 9.17) is 5.11 Å². The molecule has 0 unspecified atom stereocenters. The highest BCUT2D eigenvalue weighted by Gasteiger charge is 2.11. The highest BCUT2D eigenvalue weighted by molar-refractivity contribution is 5.99. The number of amides is 1. The van der Waals surface area contributed by atoms with Crippen molar-refractivity contribution in [3.8, 4) is 0 Å². The monoisotopic (exact) mass is 236 g/mol. The van der Waals surface area contributed by atoms with Crippen molar-refractivity contribution in [2.45, 2.75) is 0 Å². The largest absolute Gasteiger partial charge is 0.480 e. The van der Waals surface area contributed by atoms with Gasteiger partial charge in [0.05, 0.1) is 5.52 Å². The van der Waals surface area contributed by atoms with E-state index >= 15 is 0 Å². The Balaban J connectivity index is 2.27. The van der Waals surface area contributed by atoms with Gasteiger partial charge in [-0.05, 0) is 12.1 Å². The maximum atomic E-state index is 13.3. The van der Waals surface area contributed by atoms with Crippen molar-refractivity contribution in [2.24, 2.45) is 0 Å². The van der Waals surface area contributed by atoms with Crippen molar-refractivity contribution in [3.63, 3.8) is 0 Å². The fourth-order valence-electron chi connectivity index (χ4n) is 1.49. The number of aliphatic carboxylic acids is 1. The van der Waals surface area contributed by atoms with Crippen LogP contribution in [0.4, 0.5) is 4.39 Å². The maximum Gasteiger partial charge on any atom is 0.322 e. The molecule has 0 saturated carbocycles. The molecule has 88 valence electrons. The van der Waals surface area contributed by atoms with Gasteiger partial charge in [-0.25, -0.2) is 4.39 Å². The number of benzene rings is 1. The molecule has 6 heteroatoms. The van der Waals surface area contributed by atoms with E-state index in [1.165, 1.54) is 18.2 Å². The van der Waals surface area contributed by atoms with E-state index in [-0.39, 0.29) is 11.2 Å². The van der Waals surface area contributed by atoms with E-state index in [1.54, 1.807) is 6.07 Å². The lowest BCUT2D eigenvalue weighted by Crippen LogP contribution is -2.29. The van der Waals surface area contributed by atoms with Gasteiger partial charge in [0, 0.05) is 5.39 Å². The first-order chi connectivity index (χ1) is 8.08. The van der Waals surface area contributed by atoms with Crippen molar-refractivity contribution in [1.29, 1.82) is 0 Å². The summed E-state index contributed by atoms with van der Waals surface area (Å²) in [5, 5.41) is 11.2. The van der Waals surface area contributed by atoms with Crippen molar-refractivity contribution in [1.82, 2.24) is 10.3 Å². The van der Waals surface area contributed by atoms with Crippen molar-refractivity contribution < 1.29 is 19.1 Å². The van der Waals surface area contributed by atoms with Gasteiger partial charge in [0.15, 0.2) is 0 Å². The Morgan fingerprint density at radius 3 is 2.82 bits per heavy atom. The number of carbonyl (C=O) groups excluding carboxylic acids is 1. The van der Waals surface area contributed by atoms with Gasteiger partial charge in [-0.15, -0.1) is 0 Å². The second kappa shape index (κ2) is 4.25. The van der Waals surface area contributed by atoms with Crippen LogP contribution in [-0.2, 0) is 4.79 Å². The Bertz CT molecular complexity index is 591. The molecule has 3 N–H and O–H groups in total. The number of nitrogens with one attached hydrogen (secondary N) is 2. The van der Waals surface area contributed by atoms with Crippen molar-refractivity contribution >= 4 is 22.8 Å². The van der Waals surface area contributed by atoms with Gasteiger partial charge in [-0.3, -0.25) is 9.59 Å². The van der Waals surface area contributed by atoms with E-state index in [1.807, 2.05) is 0 Å². The van der Waals surface area contributed by atoms with Crippen molar-refractivity contribution in [3.05, 3.63) is 35.8 Å². The van der Waals surface area contributed by atoms with Gasteiger partial charge in [-0.2, -0.15) is 0 Å². The number of carboxylic acids is 1. The van der Waals surface area contributed by atoms with Crippen LogP contribution in [0.2, 0.25) is 0 Å². The molecule has 2 rings (SSSR count). The minimum Gasteiger partial charge on any atom is -0.480 e. The quantitative estimate of drug-likeness (QED) is 0.746. The number of hydrogen-bond acceptors (Lipinski definition) is 2. The fourth-order valence-corrected chi connectivity index (χ4v) is 1.49. The first-order valence-corrected chi connectivity index (χ1v) is 4.85. The normalized spacial score (nSPS) is 10.4. The molecule has 2 aromatic rings. The van der Waals surface area contributed by atoms with E-state index in [0.717, 1.165) is 0 Å². The second-order valence-electron chi connectivity index (χ2n) is 3.46. The number of fused-ring (bicyclic) bond motifs is 1. The average Bonchev–Trinajstić information content (AvgIpc) is 2.71. The summed E-state index contributed by atoms with van der Waals surface area (Å²) in [6, 6.07) is 5.93. The standard InChI is InChI=1S/C11H9FN2O3/c12-7-3-1-2-6-4-8(14-10(6)7)11(17)13-5-9(15)16/h1-4,14H,5H2,(H,13,17)(H,15,16). The minimum absolute atomic E-state index is 0.131. The molecule has 5 nitrogen and oxygen atoms in total. The van der Waals surface area contributed by atoms with Gasteiger partial charge in [-0.1, -0.05) is 12.1 Å². The highest BCUT2D eigenvalue weighted by atomic mass is 19.1. The Kier molecular flexibility index (Phi) is 2.78. The van der Waals surface area contributed by atoms with Crippen LogP contribution in [-0.4, -0.2) is 28.5 Å². The number of carboxylic acid groups (broad SMARTS) is 1. The molecule has 0 saturated heterocycles. The second-order valence-corrected chi connectivity index (χ2v) is 3.46. The third kappa shape index (κ3) is 2.25. The number of hydrogen-bond donors (Lipinski definition) is 3. The first kappa shape index (κ1) is 11.1. The number of rotatable bonds is 3. The van der Waals surface area contributed by atoms with Crippen LogP contribution in [0.15, 0.2) is 24.3 Å². The zero-order valence-corrected chi connectivity index (χ0v) is 8.66. The summed E-state index contributed by atoms with van der Waals surface area (Å²) in [4.78, 5) is 24.4. The number of para-hydroxylation sites is 1. The summed E-state index contributed by atoms with van der Waals surface area (Å²) in [5.41, 5.74) is 0.360. The third-order valence-corrected chi connectivity index (χ3v) is 2.25. The Morgan fingerprint density at radius 2 is 2.18 bits per heavy atom. The van der Waals surface area contributed by atoms with E-state index in [0.29, 0.717) is 5.39 Å². The minimum atomic E-state index is -1.14. The highest BCUT2D eigenvalue weighted by Crippen LogP contribution is 2.18. The Hall–Kier alpha value is -2.37. The maximum absolute atomic E-state index is 13.3. The van der Waals surface area contributed by atoms with Crippen LogP contribution in [0.3, 0.4) is 0 Å². The Labute approximate surface area is 95.2 Å². The van der Waals surface area contributed by atoms with E-state index < -0.39 is 24.2 Å². The molecule has 1 aromatic carbocycles. The predicted octanol–water partition coefficient (Wildman–Crippen LogP) is 1.12. The van der Waals surface area contributed by atoms with E-state index in [2.05, 4.69) is 10.3 Å². The molecule has 17 heavy (non-hydrogen) atoms. The van der Waals surface area contributed by atoms with Crippen LogP contribution >= 0.6 is 0 Å². The lowest BCUT2D eigenvalue weighted by Gasteiger charge is -1.98. The number of H-pyrrole nitrogens is 1. The SMILES string of the molecule is O=C(O)CNC(=O)c1cc2cccc(F)c2[nH]1. The molecule has 0 aliphatic heterocycles. The molecular formula is C11H9FN2O3. The summed E-state index contributed by atoms with van der Waals surface area (Å²) in [7, 11) is 0. The van der Waals surface area contributed by atoms with Gasteiger partial charge in [0.2, 0.25) is 0 Å². The molecule has 1 amide bonds. The molecule has 0 atom stereocenters. The molecule has 1 aromatic heterocycles. The third-order valence-electron chi connectivity index (χ3n) is 2.25. The number of carbonyl (C=O) groups is 2. The molecule has 0 aliphatic rings. The lowest BCUT2D eigenvalue weighted by atomic mass is 10.2. The zero-order valence-electron chi connectivity index (χ0n) is 8.66. The fraction of sp³-hybridized carbons (Fsp3) is 0.0909. The number of aromatic nitrogens is 1. The molecule has 1 heterocycles. The van der Waals surface area contributed by atoms with Gasteiger partial charge in [0.25, 0.3) is 5.91 Å². The molecule has 0 radical (unpaired) electrons. The van der Waals surface area contributed by atoms with Crippen LogP contribution in [0.5, 0.6) is 0 Å². The van der Waals surface area contributed by atoms with E-state index in [9.17, 15) is 14.0 Å². The summed E-state index contributed by atoms with van der Waals surface area (Å²) in [5.74, 6) is -2.18. The van der Waals surface area contributed by atoms with Gasteiger partial charge < -0.3 is 15.4 Å². The smallest absolute Gasteiger partial charge is 0.322 e. The number of aromatic amines is 1.